The van der Waals surface area contributed by atoms with Crippen molar-refractivity contribution in [3.63, 3.8) is 0 Å². The Morgan fingerprint density at radius 2 is 2.33 bits per heavy atom. The van der Waals surface area contributed by atoms with Crippen LogP contribution in [0.15, 0.2) is 22.7 Å². The van der Waals surface area contributed by atoms with Crippen molar-refractivity contribution < 1.29 is 8.42 Å². The van der Waals surface area contributed by atoms with E-state index in [1.807, 2.05) is 6.07 Å². The SMILES string of the molecule is Cn1cnnc1CNS(=O)(=O)c1ccc(C#N)s1. The molecule has 7 nitrogen and oxygen atoms in total. The summed E-state index contributed by atoms with van der Waals surface area (Å²) in [5, 5.41) is 16.1. The van der Waals surface area contributed by atoms with Gasteiger partial charge in [-0.05, 0) is 12.1 Å². The van der Waals surface area contributed by atoms with E-state index >= 15 is 0 Å². The second-order valence-corrected chi connectivity index (χ2v) is 6.49. The zero-order chi connectivity index (χ0) is 13.2. The summed E-state index contributed by atoms with van der Waals surface area (Å²) in [6.45, 7) is 0.0542. The molecule has 2 aromatic heterocycles. The van der Waals surface area contributed by atoms with Gasteiger partial charge in [0.05, 0.1) is 6.54 Å². The number of hydrogen-bond acceptors (Lipinski definition) is 6. The van der Waals surface area contributed by atoms with E-state index in [2.05, 4.69) is 14.9 Å². The summed E-state index contributed by atoms with van der Waals surface area (Å²) in [7, 11) is -1.88. The van der Waals surface area contributed by atoms with Gasteiger partial charge in [0.15, 0.2) is 0 Å². The summed E-state index contributed by atoms with van der Waals surface area (Å²) in [5.41, 5.74) is 0. The van der Waals surface area contributed by atoms with E-state index < -0.39 is 10.0 Å². The van der Waals surface area contributed by atoms with Crippen LogP contribution >= 0.6 is 11.3 Å². The lowest BCUT2D eigenvalue weighted by atomic mass is 10.5. The van der Waals surface area contributed by atoms with Gasteiger partial charge in [-0.1, -0.05) is 0 Å². The summed E-state index contributed by atoms with van der Waals surface area (Å²) in [6.07, 6.45) is 1.49. The van der Waals surface area contributed by atoms with Gasteiger partial charge < -0.3 is 4.57 Å². The number of nitriles is 1. The van der Waals surface area contributed by atoms with Crippen LogP contribution in [0.3, 0.4) is 0 Å². The van der Waals surface area contributed by atoms with Crippen LogP contribution in [-0.4, -0.2) is 23.2 Å². The summed E-state index contributed by atoms with van der Waals surface area (Å²) in [5.74, 6) is 0.510. The zero-order valence-electron chi connectivity index (χ0n) is 9.36. The molecule has 0 fully saturated rings. The van der Waals surface area contributed by atoms with Gasteiger partial charge in [-0.2, -0.15) is 5.26 Å². The first-order chi connectivity index (χ1) is 8.53. The molecule has 0 spiro atoms. The highest BCUT2D eigenvalue weighted by molar-refractivity contribution is 7.91. The van der Waals surface area contributed by atoms with E-state index in [1.165, 1.54) is 18.5 Å². The topological polar surface area (TPSA) is 101 Å². The van der Waals surface area contributed by atoms with Gasteiger partial charge in [-0.3, -0.25) is 0 Å². The Labute approximate surface area is 108 Å². The largest absolute Gasteiger partial charge is 0.320 e. The lowest BCUT2D eigenvalue weighted by Crippen LogP contribution is -2.24. The molecule has 0 aliphatic rings. The minimum Gasteiger partial charge on any atom is -0.320 e. The molecule has 2 heterocycles. The third kappa shape index (κ3) is 2.56. The summed E-state index contributed by atoms with van der Waals surface area (Å²) in [6, 6.07) is 4.78. The molecule has 0 aliphatic carbocycles. The van der Waals surface area contributed by atoms with Crippen molar-refractivity contribution in [2.45, 2.75) is 10.8 Å². The van der Waals surface area contributed by atoms with Crippen LogP contribution in [0, 0.1) is 11.3 Å². The number of thiophene rings is 1. The Morgan fingerprint density at radius 3 is 2.89 bits per heavy atom. The van der Waals surface area contributed by atoms with Crippen LogP contribution in [0.2, 0.25) is 0 Å². The van der Waals surface area contributed by atoms with Gasteiger partial charge in [0.2, 0.25) is 0 Å². The summed E-state index contributed by atoms with van der Waals surface area (Å²) < 4.78 is 27.9. The number of aromatic nitrogens is 3. The highest BCUT2D eigenvalue weighted by Crippen LogP contribution is 2.20. The number of nitrogens with one attached hydrogen (secondary N) is 1. The van der Waals surface area contributed by atoms with Gasteiger partial charge in [0.1, 0.15) is 27.3 Å². The van der Waals surface area contributed by atoms with Crippen LogP contribution in [0.4, 0.5) is 0 Å². The molecule has 0 atom stereocenters. The van der Waals surface area contributed by atoms with E-state index in [4.69, 9.17) is 5.26 Å². The molecule has 94 valence electrons. The van der Waals surface area contributed by atoms with Crippen molar-refractivity contribution in [3.8, 4) is 6.07 Å². The van der Waals surface area contributed by atoms with Crippen molar-refractivity contribution >= 4 is 21.4 Å². The molecule has 0 amide bonds. The third-order valence-corrected chi connectivity index (χ3v) is 5.06. The molecule has 0 saturated heterocycles. The molecule has 18 heavy (non-hydrogen) atoms. The fraction of sp³-hybridized carbons (Fsp3) is 0.222. The standard InChI is InChI=1S/C9H9N5O2S2/c1-14-6-11-13-8(14)5-12-18(15,16)9-3-2-7(4-10)17-9/h2-3,6,12H,5H2,1H3. The van der Waals surface area contributed by atoms with Crippen LogP contribution in [0.25, 0.3) is 0 Å². The lowest BCUT2D eigenvalue weighted by molar-refractivity contribution is 0.579. The van der Waals surface area contributed by atoms with E-state index in [9.17, 15) is 8.42 Å². The quantitative estimate of drug-likeness (QED) is 0.865. The maximum atomic E-state index is 11.9. The number of sulfonamides is 1. The number of rotatable bonds is 4. The number of hydrogen-bond donors (Lipinski definition) is 1. The monoisotopic (exact) mass is 283 g/mol. The number of aryl methyl sites for hydroxylation is 1. The molecule has 0 aliphatic heterocycles. The molecule has 0 saturated carbocycles. The molecule has 0 unspecified atom stereocenters. The fourth-order valence-corrected chi connectivity index (χ4v) is 3.35. The van der Waals surface area contributed by atoms with Crippen LogP contribution in [-0.2, 0) is 23.6 Å². The average Bonchev–Trinajstić information content (AvgIpc) is 2.95. The zero-order valence-corrected chi connectivity index (χ0v) is 11.0. The Morgan fingerprint density at radius 1 is 1.56 bits per heavy atom. The van der Waals surface area contributed by atoms with Crippen molar-refractivity contribution in [1.29, 1.82) is 5.26 Å². The van der Waals surface area contributed by atoms with E-state index in [0.717, 1.165) is 11.3 Å². The van der Waals surface area contributed by atoms with E-state index in [1.54, 1.807) is 11.6 Å². The summed E-state index contributed by atoms with van der Waals surface area (Å²) >= 11 is 0.927. The molecule has 0 radical (unpaired) electrons. The third-order valence-electron chi connectivity index (χ3n) is 2.18. The molecular weight excluding hydrogens is 274 g/mol. The first-order valence-corrected chi connectivity index (χ1v) is 7.15. The maximum absolute atomic E-state index is 11.9. The highest BCUT2D eigenvalue weighted by atomic mass is 32.2. The Hall–Kier alpha value is -1.76. The van der Waals surface area contributed by atoms with E-state index in [-0.39, 0.29) is 10.8 Å². The fourth-order valence-electron chi connectivity index (χ4n) is 1.22. The van der Waals surface area contributed by atoms with Gasteiger partial charge in [0, 0.05) is 7.05 Å². The Kier molecular flexibility index (Phi) is 3.42. The maximum Gasteiger partial charge on any atom is 0.250 e. The minimum atomic E-state index is -3.61. The van der Waals surface area contributed by atoms with Crippen molar-refractivity contribution in [1.82, 2.24) is 19.5 Å². The van der Waals surface area contributed by atoms with E-state index in [0.29, 0.717) is 10.7 Å². The second-order valence-electron chi connectivity index (χ2n) is 3.41. The highest BCUT2D eigenvalue weighted by Gasteiger charge is 2.17. The Bertz CT molecular complexity index is 695. The molecule has 2 rings (SSSR count). The lowest BCUT2D eigenvalue weighted by Gasteiger charge is -2.03. The van der Waals surface area contributed by atoms with Gasteiger partial charge in [-0.25, -0.2) is 13.1 Å². The van der Waals surface area contributed by atoms with Gasteiger partial charge in [-0.15, -0.1) is 21.5 Å². The Balaban J connectivity index is 2.13. The molecule has 0 bridgehead atoms. The first kappa shape index (κ1) is 12.7. The average molecular weight is 283 g/mol. The molecule has 9 heteroatoms. The minimum absolute atomic E-state index is 0.0542. The van der Waals surface area contributed by atoms with Crippen LogP contribution in [0.5, 0.6) is 0 Å². The van der Waals surface area contributed by atoms with Crippen molar-refractivity contribution in [2.75, 3.05) is 0 Å². The first-order valence-electron chi connectivity index (χ1n) is 4.85. The molecule has 1 N–H and O–H groups in total. The van der Waals surface area contributed by atoms with Gasteiger partial charge >= 0.3 is 0 Å². The smallest absolute Gasteiger partial charge is 0.250 e. The van der Waals surface area contributed by atoms with Gasteiger partial charge in [0.25, 0.3) is 10.0 Å². The predicted octanol–water partition coefficient (Wildman–Crippen LogP) is 0.227. The number of nitrogens with zero attached hydrogens (tertiary/aromatic N) is 4. The predicted molar refractivity (Wildman–Crippen MR) is 64.1 cm³/mol. The van der Waals surface area contributed by atoms with Crippen molar-refractivity contribution in [2.24, 2.45) is 7.05 Å². The normalized spacial score (nSPS) is 11.3. The molecule has 2 aromatic rings. The summed E-state index contributed by atoms with van der Waals surface area (Å²) in [4.78, 5) is 0.356. The van der Waals surface area contributed by atoms with Crippen molar-refractivity contribution in [3.05, 3.63) is 29.2 Å². The second kappa shape index (κ2) is 4.85. The van der Waals surface area contributed by atoms with Crippen LogP contribution in [0.1, 0.15) is 10.7 Å². The molecule has 0 aromatic carbocycles. The molecular formula is C9H9N5O2S2. The van der Waals surface area contributed by atoms with Crippen LogP contribution < -0.4 is 4.72 Å².